The summed E-state index contributed by atoms with van der Waals surface area (Å²) >= 11 is 0. The summed E-state index contributed by atoms with van der Waals surface area (Å²) in [6.07, 6.45) is 3.21. The zero-order valence-corrected chi connectivity index (χ0v) is 16.9. The number of nitrogens with zero attached hydrogens (tertiary/aromatic N) is 2. The van der Waals surface area contributed by atoms with E-state index < -0.39 is 5.91 Å². The van der Waals surface area contributed by atoms with Gasteiger partial charge in [-0.2, -0.15) is 4.99 Å². The van der Waals surface area contributed by atoms with E-state index in [0.717, 1.165) is 5.56 Å². The number of amidine groups is 2. The van der Waals surface area contributed by atoms with Crippen LogP contribution in [0.5, 0.6) is 11.5 Å². The third kappa shape index (κ3) is 3.82. The number of benzene rings is 2. The van der Waals surface area contributed by atoms with Crippen molar-refractivity contribution in [3.8, 4) is 11.5 Å². The Labute approximate surface area is 174 Å². The summed E-state index contributed by atoms with van der Waals surface area (Å²) in [7, 11) is 1.56. The Morgan fingerprint density at radius 1 is 1.13 bits per heavy atom. The topological polar surface area (TPSA) is 84.2 Å². The van der Waals surface area contributed by atoms with Gasteiger partial charge in [-0.15, -0.1) is 5.06 Å². The van der Waals surface area contributed by atoms with E-state index in [4.69, 9.17) is 19.7 Å². The van der Waals surface area contributed by atoms with Gasteiger partial charge in [-0.25, -0.2) is 0 Å². The van der Waals surface area contributed by atoms with E-state index in [9.17, 15) is 4.79 Å². The van der Waals surface area contributed by atoms with Crippen LogP contribution in [-0.4, -0.2) is 29.8 Å². The lowest BCUT2D eigenvalue weighted by atomic mass is 10.1. The summed E-state index contributed by atoms with van der Waals surface area (Å²) in [5.74, 6) is 1.47. The molecule has 7 nitrogen and oxygen atoms in total. The summed E-state index contributed by atoms with van der Waals surface area (Å²) in [5, 5.41) is 9.54. The number of rotatable bonds is 5. The maximum absolute atomic E-state index is 12.4. The molecule has 0 fully saturated rings. The number of allylic oxidation sites excluding steroid dienone is 1. The van der Waals surface area contributed by atoms with Crippen LogP contribution in [0.4, 0.5) is 0 Å². The lowest BCUT2D eigenvalue weighted by molar-refractivity contribution is -0.114. The molecule has 2 aromatic carbocycles. The highest BCUT2D eigenvalue weighted by molar-refractivity contribution is 6.32. The number of aliphatic imine (C=N–C) groups is 1. The molecule has 0 aliphatic carbocycles. The number of fused-ring (bicyclic) bond motifs is 1. The number of hydroxylamine groups is 2. The first-order valence-electron chi connectivity index (χ1n) is 9.41. The molecule has 1 N–H and O–H groups in total. The standard InChI is InChI=1S/C23H21N3O4/c1-14-4-6-16(7-5-14)13-29-19-9-8-17(12-20(19)28-3)11-18-22(24)26-21(25-23(18)27)10-15(2)30-26/h4-12,24H,13H2,1-3H3/b18-11+,24-22?. The molecule has 0 saturated carbocycles. The van der Waals surface area contributed by atoms with Crippen LogP contribution in [0.1, 0.15) is 23.6 Å². The van der Waals surface area contributed by atoms with Crippen molar-refractivity contribution in [1.82, 2.24) is 5.06 Å². The van der Waals surface area contributed by atoms with Gasteiger partial charge in [-0.1, -0.05) is 35.9 Å². The van der Waals surface area contributed by atoms with Gasteiger partial charge in [0.2, 0.25) is 0 Å². The Balaban J connectivity index is 1.55. The third-order valence-electron chi connectivity index (χ3n) is 4.69. The molecule has 2 aliphatic rings. The lowest BCUT2D eigenvalue weighted by Gasteiger charge is -2.23. The van der Waals surface area contributed by atoms with E-state index in [2.05, 4.69) is 4.99 Å². The predicted molar refractivity (Wildman–Crippen MR) is 113 cm³/mol. The predicted octanol–water partition coefficient (Wildman–Crippen LogP) is 4.03. The van der Waals surface area contributed by atoms with E-state index in [1.165, 1.54) is 10.6 Å². The van der Waals surface area contributed by atoms with Crippen LogP contribution in [0.2, 0.25) is 0 Å². The Morgan fingerprint density at radius 2 is 1.90 bits per heavy atom. The van der Waals surface area contributed by atoms with E-state index in [0.29, 0.717) is 35.3 Å². The average Bonchev–Trinajstić information content (AvgIpc) is 3.11. The summed E-state index contributed by atoms with van der Waals surface area (Å²) in [4.78, 5) is 21.8. The van der Waals surface area contributed by atoms with Crippen molar-refractivity contribution in [2.45, 2.75) is 20.5 Å². The Morgan fingerprint density at radius 3 is 2.63 bits per heavy atom. The van der Waals surface area contributed by atoms with Crippen LogP contribution < -0.4 is 9.47 Å². The summed E-state index contributed by atoms with van der Waals surface area (Å²) in [6, 6.07) is 13.5. The maximum atomic E-state index is 12.4. The number of amides is 1. The maximum Gasteiger partial charge on any atom is 0.282 e. The molecule has 30 heavy (non-hydrogen) atoms. The molecule has 0 atom stereocenters. The highest BCUT2D eigenvalue weighted by Gasteiger charge is 2.34. The fourth-order valence-electron chi connectivity index (χ4n) is 3.11. The van der Waals surface area contributed by atoms with Crippen LogP contribution in [0.3, 0.4) is 0 Å². The van der Waals surface area contributed by atoms with Gasteiger partial charge in [-0.05, 0) is 43.2 Å². The second-order valence-corrected chi connectivity index (χ2v) is 7.01. The number of methoxy groups -OCH3 is 1. The van der Waals surface area contributed by atoms with E-state index >= 15 is 0 Å². The SMILES string of the molecule is COc1cc(/C=C2\C(=N)N3OC(C)=CC3=NC2=O)ccc1OCc1ccc(C)cc1. The first kappa shape index (κ1) is 19.4. The van der Waals surface area contributed by atoms with Crippen molar-refractivity contribution in [3.05, 3.63) is 76.6 Å². The zero-order valence-electron chi connectivity index (χ0n) is 16.9. The van der Waals surface area contributed by atoms with Crippen LogP contribution in [0.25, 0.3) is 6.08 Å². The molecule has 0 aromatic heterocycles. The van der Waals surface area contributed by atoms with Gasteiger partial charge in [0.25, 0.3) is 5.91 Å². The molecule has 0 saturated heterocycles. The molecule has 1 amide bonds. The van der Waals surface area contributed by atoms with Gasteiger partial charge >= 0.3 is 0 Å². The fraction of sp³-hybridized carbons (Fsp3) is 0.174. The molecule has 4 rings (SSSR count). The van der Waals surface area contributed by atoms with Gasteiger partial charge in [0.05, 0.1) is 12.7 Å². The largest absolute Gasteiger partial charge is 0.493 e. The van der Waals surface area contributed by atoms with Crippen molar-refractivity contribution in [2.24, 2.45) is 4.99 Å². The Kier molecular flexibility index (Phi) is 5.10. The molecule has 0 radical (unpaired) electrons. The minimum absolute atomic E-state index is 0.0586. The Hall–Kier alpha value is -3.87. The normalized spacial score (nSPS) is 16.8. The van der Waals surface area contributed by atoms with Crippen molar-refractivity contribution in [1.29, 1.82) is 5.41 Å². The van der Waals surface area contributed by atoms with Crippen molar-refractivity contribution in [3.63, 3.8) is 0 Å². The second kappa shape index (κ2) is 7.87. The number of aryl methyl sites for hydroxylation is 1. The first-order chi connectivity index (χ1) is 14.4. The molecule has 2 aliphatic heterocycles. The van der Waals surface area contributed by atoms with Crippen LogP contribution in [-0.2, 0) is 16.2 Å². The second-order valence-electron chi connectivity index (χ2n) is 7.01. The summed E-state index contributed by atoms with van der Waals surface area (Å²) < 4.78 is 11.4. The molecule has 0 unspecified atom stereocenters. The minimum Gasteiger partial charge on any atom is -0.493 e. The van der Waals surface area contributed by atoms with Gasteiger partial charge < -0.3 is 14.3 Å². The van der Waals surface area contributed by atoms with Gasteiger partial charge in [0.1, 0.15) is 12.4 Å². The molecule has 0 bridgehead atoms. The van der Waals surface area contributed by atoms with E-state index in [1.807, 2.05) is 31.2 Å². The first-order valence-corrected chi connectivity index (χ1v) is 9.41. The van der Waals surface area contributed by atoms with Crippen LogP contribution in [0, 0.1) is 12.3 Å². The quantitative estimate of drug-likeness (QED) is 0.762. The zero-order chi connectivity index (χ0) is 21.3. The van der Waals surface area contributed by atoms with Crippen molar-refractivity contribution in [2.75, 3.05) is 7.11 Å². The summed E-state index contributed by atoms with van der Waals surface area (Å²) in [5.41, 5.74) is 3.07. The fourth-order valence-corrected chi connectivity index (χ4v) is 3.11. The van der Waals surface area contributed by atoms with Gasteiger partial charge in [0.15, 0.2) is 23.2 Å². The number of ether oxygens (including phenoxy) is 2. The number of nitrogens with one attached hydrogen (secondary N) is 1. The molecule has 7 heteroatoms. The molecular weight excluding hydrogens is 382 g/mol. The molecule has 152 valence electrons. The summed E-state index contributed by atoms with van der Waals surface area (Å²) in [6.45, 7) is 4.19. The number of hydrogen-bond acceptors (Lipinski definition) is 5. The number of hydrogen-bond donors (Lipinski definition) is 1. The van der Waals surface area contributed by atoms with Crippen LogP contribution >= 0.6 is 0 Å². The molecule has 0 spiro atoms. The third-order valence-corrected chi connectivity index (χ3v) is 4.69. The van der Waals surface area contributed by atoms with Crippen molar-refractivity contribution >= 4 is 23.7 Å². The van der Waals surface area contributed by atoms with Gasteiger partial charge in [-0.3, -0.25) is 10.2 Å². The lowest BCUT2D eigenvalue weighted by Crippen LogP contribution is -2.38. The van der Waals surface area contributed by atoms with E-state index in [1.54, 1.807) is 44.4 Å². The molecular formula is C23H21N3O4. The monoisotopic (exact) mass is 403 g/mol. The Bertz CT molecular complexity index is 1110. The highest BCUT2D eigenvalue weighted by Crippen LogP contribution is 2.31. The molecule has 2 heterocycles. The van der Waals surface area contributed by atoms with Gasteiger partial charge in [0, 0.05) is 6.08 Å². The number of carbonyl (C=O) groups excluding carboxylic acids is 1. The smallest absolute Gasteiger partial charge is 0.282 e. The van der Waals surface area contributed by atoms with Crippen molar-refractivity contribution < 1.29 is 19.1 Å². The average molecular weight is 403 g/mol. The molecule has 2 aromatic rings. The highest BCUT2D eigenvalue weighted by atomic mass is 16.7. The van der Waals surface area contributed by atoms with Crippen LogP contribution in [0.15, 0.2) is 64.9 Å². The van der Waals surface area contributed by atoms with E-state index in [-0.39, 0.29) is 11.4 Å². The minimum atomic E-state index is -0.487. The number of carbonyl (C=O) groups is 1.